The normalized spacial score (nSPS) is 11.1. The molecule has 0 saturated heterocycles. The van der Waals surface area contributed by atoms with Gasteiger partial charge in [-0.1, -0.05) is 36.4 Å². The van der Waals surface area contributed by atoms with Crippen LogP contribution in [0.4, 0.5) is 0 Å². The lowest BCUT2D eigenvalue weighted by atomic mass is 10.1. The van der Waals surface area contributed by atoms with E-state index >= 15 is 0 Å². The summed E-state index contributed by atoms with van der Waals surface area (Å²) in [6, 6.07) is 15.8. The van der Waals surface area contributed by atoms with Crippen LogP contribution in [0.2, 0.25) is 0 Å². The molecule has 0 radical (unpaired) electrons. The van der Waals surface area contributed by atoms with Crippen LogP contribution >= 0.6 is 0 Å². The Balaban J connectivity index is 1.79. The van der Waals surface area contributed by atoms with Gasteiger partial charge in [-0.25, -0.2) is 14.6 Å². The number of aliphatic carboxylic acids is 1. The summed E-state index contributed by atoms with van der Waals surface area (Å²) in [5.74, 6) is -0.632. The predicted molar refractivity (Wildman–Crippen MR) is 118 cm³/mol. The molecule has 0 saturated carbocycles. The lowest BCUT2D eigenvalue weighted by Crippen LogP contribution is -2.38. The molecule has 9 nitrogen and oxygen atoms in total. The third-order valence-corrected chi connectivity index (χ3v) is 5.01. The summed E-state index contributed by atoms with van der Waals surface area (Å²) in [5.41, 5.74) is 2.10. The van der Waals surface area contributed by atoms with Gasteiger partial charge in [0, 0.05) is 18.7 Å². The first-order valence-corrected chi connectivity index (χ1v) is 9.57. The Hall–Kier alpha value is -4.71. The molecule has 2 aromatic heterocycles. The van der Waals surface area contributed by atoms with E-state index in [1.807, 2.05) is 0 Å². The molecule has 0 unspecified atom stereocenters. The first-order valence-electron chi connectivity index (χ1n) is 9.57. The smallest absolute Gasteiger partial charge is 0.332 e. The average molecular weight is 427 g/mol. The molecule has 0 amide bonds. The predicted octanol–water partition coefficient (Wildman–Crippen LogP) is 2.11. The number of H-pyrrole nitrogens is 1. The number of hydrogen-bond acceptors (Lipinski definition) is 5. The second kappa shape index (κ2) is 8.20. The number of carboxylic acid groups (broad SMARTS) is 1. The fourth-order valence-electron chi connectivity index (χ4n) is 3.30. The first-order chi connectivity index (χ1) is 15.4. The van der Waals surface area contributed by atoms with Crippen LogP contribution in [-0.4, -0.2) is 30.2 Å². The van der Waals surface area contributed by atoms with E-state index in [2.05, 4.69) is 16.0 Å². The van der Waals surface area contributed by atoms with Crippen molar-refractivity contribution in [1.29, 1.82) is 5.26 Å². The highest BCUT2D eigenvalue weighted by atomic mass is 16.4. The standard InChI is InChI=1S/C23H17N5O4/c1-27-22(31)19-21(28(23(27)32)13-16-4-2-15(12-24)3-5-16)26-20(25-19)17-9-6-14(7-10-17)8-11-18(29)30/h2-11H,13H2,1H3,(H,25,26)(H,29,30). The van der Waals surface area contributed by atoms with Crippen molar-refractivity contribution in [3.05, 3.63) is 92.1 Å². The van der Waals surface area contributed by atoms with Gasteiger partial charge in [0.15, 0.2) is 5.52 Å². The monoisotopic (exact) mass is 427 g/mol. The van der Waals surface area contributed by atoms with E-state index in [9.17, 15) is 14.4 Å². The molecule has 4 rings (SSSR count). The zero-order valence-corrected chi connectivity index (χ0v) is 16.9. The molecule has 32 heavy (non-hydrogen) atoms. The molecule has 0 fully saturated rings. The number of aromatic amines is 1. The van der Waals surface area contributed by atoms with E-state index in [0.29, 0.717) is 28.2 Å². The number of hydrogen-bond donors (Lipinski definition) is 2. The van der Waals surface area contributed by atoms with Crippen LogP contribution in [-0.2, 0) is 18.4 Å². The number of aromatic nitrogens is 4. The van der Waals surface area contributed by atoms with Gasteiger partial charge in [-0.15, -0.1) is 0 Å². The van der Waals surface area contributed by atoms with Gasteiger partial charge in [0.1, 0.15) is 11.5 Å². The minimum Gasteiger partial charge on any atom is -0.478 e. The molecule has 2 N–H and O–H groups in total. The zero-order valence-electron chi connectivity index (χ0n) is 16.9. The molecule has 9 heteroatoms. The Morgan fingerprint density at radius 2 is 1.84 bits per heavy atom. The number of fused-ring (bicyclic) bond motifs is 1. The quantitative estimate of drug-likeness (QED) is 0.469. The van der Waals surface area contributed by atoms with E-state index in [0.717, 1.165) is 16.2 Å². The molecule has 4 aromatic rings. The minimum atomic E-state index is -1.04. The van der Waals surface area contributed by atoms with Crippen molar-refractivity contribution in [2.45, 2.75) is 6.54 Å². The topological polar surface area (TPSA) is 134 Å². The Morgan fingerprint density at radius 3 is 2.47 bits per heavy atom. The van der Waals surface area contributed by atoms with Gasteiger partial charge in [-0.2, -0.15) is 5.26 Å². The summed E-state index contributed by atoms with van der Waals surface area (Å²) in [5, 5.41) is 17.7. The van der Waals surface area contributed by atoms with Crippen LogP contribution in [0, 0.1) is 11.3 Å². The summed E-state index contributed by atoms with van der Waals surface area (Å²) in [4.78, 5) is 43.6. The largest absolute Gasteiger partial charge is 0.478 e. The third-order valence-electron chi connectivity index (χ3n) is 5.01. The molecule has 0 aliphatic heterocycles. The molecule has 2 heterocycles. The highest BCUT2D eigenvalue weighted by molar-refractivity contribution is 5.85. The first kappa shape index (κ1) is 20.6. The van der Waals surface area contributed by atoms with Gasteiger partial charge in [0.2, 0.25) is 0 Å². The van der Waals surface area contributed by atoms with Crippen molar-refractivity contribution in [1.82, 2.24) is 19.1 Å². The number of rotatable bonds is 5. The number of imidazole rings is 1. The Bertz CT molecular complexity index is 1510. The number of nitrogens with zero attached hydrogens (tertiary/aromatic N) is 4. The van der Waals surface area contributed by atoms with Gasteiger partial charge < -0.3 is 10.1 Å². The SMILES string of the molecule is Cn1c(=O)c2nc(-c3ccc(C=CC(=O)O)cc3)[nH]c2n(Cc2ccc(C#N)cc2)c1=O. The number of carbonyl (C=O) groups is 1. The van der Waals surface area contributed by atoms with E-state index in [4.69, 9.17) is 10.4 Å². The van der Waals surface area contributed by atoms with Crippen molar-refractivity contribution < 1.29 is 9.90 Å². The second-order valence-corrected chi connectivity index (χ2v) is 7.12. The lowest BCUT2D eigenvalue weighted by Gasteiger charge is -2.09. The van der Waals surface area contributed by atoms with E-state index in [1.54, 1.807) is 48.5 Å². The maximum absolute atomic E-state index is 12.8. The second-order valence-electron chi connectivity index (χ2n) is 7.12. The van der Waals surface area contributed by atoms with Crippen LogP contribution in [0.1, 0.15) is 16.7 Å². The van der Waals surface area contributed by atoms with Crippen molar-refractivity contribution in [2.75, 3.05) is 0 Å². The third kappa shape index (κ3) is 3.85. The summed E-state index contributed by atoms with van der Waals surface area (Å²) in [7, 11) is 1.40. The molecule has 0 aliphatic rings. The Morgan fingerprint density at radius 1 is 1.16 bits per heavy atom. The minimum absolute atomic E-state index is 0.130. The zero-order chi connectivity index (χ0) is 22.8. The average Bonchev–Trinajstić information content (AvgIpc) is 3.25. The van der Waals surface area contributed by atoms with E-state index in [1.165, 1.54) is 17.7 Å². The molecule has 0 spiro atoms. The summed E-state index contributed by atoms with van der Waals surface area (Å²) < 4.78 is 2.44. The van der Waals surface area contributed by atoms with Gasteiger partial charge in [0.05, 0.1) is 18.2 Å². The fourth-order valence-corrected chi connectivity index (χ4v) is 3.30. The summed E-state index contributed by atoms with van der Waals surface area (Å²) >= 11 is 0. The highest BCUT2D eigenvalue weighted by Gasteiger charge is 2.16. The molecule has 0 aliphatic carbocycles. The van der Waals surface area contributed by atoms with Gasteiger partial charge in [-0.3, -0.25) is 13.9 Å². The van der Waals surface area contributed by atoms with Crippen LogP contribution in [0.25, 0.3) is 28.6 Å². The van der Waals surface area contributed by atoms with Gasteiger partial charge >= 0.3 is 11.7 Å². The Kier molecular flexibility index (Phi) is 5.27. The number of carboxylic acids is 1. The highest BCUT2D eigenvalue weighted by Crippen LogP contribution is 2.20. The van der Waals surface area contributed by atoms with Crippen molar-refractivity contribution in [3.63, 3.8) is 0 Å². The Labute approximate surface area is 181 Å². The van der Waals surface area contributed by atoms with Crippen molar-refractivity contribution in [2.24, 2.45) is 7.05 Å². The maximum Gasteiger partial charge on any atom is 0.332 e. The molecule has 0 bridgehead atoms. The van der Waals surface area contributed by atoms with Crippen LogP contribution in [0.15, 0.2) is 64.2 Å². The van der Waals surface area contributed by atoms with Crippen LogP contribution in [0.5, 0.6) is 0 Å². The van der Waals surface area contributed by atoms with Crippen LogP contribution < -0.4 is 11.2 Å². The molecule has 0 atom stereocenters. The number of nitriles is 1. The van der Waals surface area contributed by atoms with Gasteiger partial charge in [0.25, 0.3) is 5.56 Å². The maximum atomic E-state index is 12.8. The molecule has 2 aromatic carbocycles. The fraction of sp³-hybridized carbons (Fsp3) is 0.0870. The lowest BCUT2D eigenvalue weighted by molar-refractivity contribution is -0.131. The molecular weight excluding hydrogens is 410 g/mol. The summed E-state index contributed by atoms with van der Waals surface area (Å²) in [6.45, 7) is 0.190. The number of nitrogens with one attached hydrogen (secondary N) is 1. The molecular formula is C23H17N5O4. The van der Waals surface area contributed by atoms with Crippen LogP contribution in [0.3, 0.4) is 0 Å². The van der Waals surface area contributed by atoms with Crippen molar-refractivity contribution >= 4 is 23.2 Å². The summed E-state index contributed by atoms with van der Waals surface area (Å²) in [6.07, 6.45) is 2.51. The van der Waals surface area contributed by atoms with E-state index < -0.39 is 17.2 Å². The number of benzene rings is 2. The molecule has 158 valence electrons. The van der Waals surface area contributed by atoms with Gasteiger partial charge in [-0.05, 0) is 29.3 Å². The van der Waals surface area contributed by atoms with E-state index in [-0.39, 0.29) is 12.1 Å². The van der Waals surface area contributed by atoms with Crippen molar-refractivity contribution in [3.8, 4) is 17.5 Å².